The van der Waals surface area contributed by atoms with Crippen molar-refractivity contribution in [2.75, 3.05) is 38.5 Å². The Hall–Kier alpha value is -3.15. The summed E-state index contributed by atoms with van der Waals surface area (Å²) in [5, 5.41) is 2.78. The molecule has 1 N–H and O–H groups in total. The highest BCUT2D eigenvalue weighted by molar-refractivity contribution is 7.91. The van der Waals surface area contributed by atoms with Crippen molar-refractivity contribution in [2.45, 2.75) is 96.2 Å². The van der Waals surface area contributed by atoms with E-state index in [-0.39, 0.29) is 35.9 Å². The number of nitrogens with one attached hydrogen (secondary N) is 1. The molecule has 2 atom stereocenters. The summed E-state index contributed by atoms with van der Waals surface area (Å²) in [5.74, 6) is -2.72. The molecule has 12 heteroatoms. The number of carbonyl (C=O) groups excluding carboxylic acids is 4. The number of esters is 1. The van der Waals surface area contributed by atoms with E-state index in [1.807, 2.05) is 20.8 Å². The molecule has 1 aromatic carbocycles. The van der Waals surface area contributed by atoms with E-state index >= 15 is 0 Å². The molecule has 0 spiro atoms. The first kappa shape index (κ1) is 36.3. The van der Waals surface area contributed by atoms with Crippen LogP contribution >= 0.6 is 0 Å². The summed E-state index contributed by atoms with van der Waals surface area (Å²) in [5.41, 5.74) is -1.36. The monoisotopic (exact) mass is 649 g/mol. The van der Waals surface area contributed by atoms with Crippen LogP contribution in [0.25, 0.3) is 0 Å². The molecule has 11 nitrogen and oxygen atoms in total. The van der Waals surface area contributed by atoms with E-state index in [1.165, 1.54) is 12.1 Å². The Morgan fingerprint density at radius 2 is 1.51 bits per heavy atom. The van der Waals surface area contributed by atoms with Crippen LogP contribution in [0.3, 0.4) is 0 Å². The molecule has 0 aromatic heterocycles. The van der Waals surface area contributed by atoms with Crippen LogP contribution in [0.4, 0.5) is 4.79 Å². The van der Waals surface area contributed by atoms with Crippen LogP contribution in [0, 0.1) is 17.8 Å². The minimum Gasteiger partial charge on any atom is -0.460 e. The fraction of sp³-hybridized carbons (Fsp3) is 0.697. The van der Waals surface area contributed by atoms with E-state index in [0.717, 1.165) is 19.3 Å². The SMILES string of the molecule is CC(C)(C)OC(=O)[C@H](CNC(=O)[C@@H]1CCCN(C(=O)CCC2CCN(C(=O)OC(C)(C)C)CC2)C1)CS(=O)(=O)c1ccccc1. The van der Waals surface area contributed by atoms with Gasteiger partial charge in [-0.2, -0.15) is 0 Å². The Labute approximate surface area is 268 Å². The number of rotatable bonds is 10. The molecule has 0 bridgehead atoms. The summed E-state index contributed by atoms with van der Waals surface area (Å²) < 4.78 is 37.1. The van der Waals surface area contributed by atoms with Gasteiger partial charge in [0.25, 0.3) is 0 Å². The van der Waals surface area contributed by atoms with Crippen molar-refractivity contribution in [3.05, 3.63) is 30.3 Å². The molecule has 1 aromatic rings. The molecule has 0 radical (unpaired) electrons. The van der Waals surface area contributed by atoms with E-state index in [9.17, 15) is 27.6 Å². The number of hydrogen-bond donors (Lipinski definition) is 1. The van der Waals surface area contributed by atoms with E-state index in [0.29, 0.717) is 44.8 Å². The number of sulfone groups is 1. The van der Waals surface area contributed by atoms with Crippen molar-refractivity contribution >= 4 is 33.7 Å². The highest BCUT2D eigenvalue weighted by Crippen LogP contribution is 2.25. The molecular weight excluding hydrogens is 598 g/mol. The number of piperidine rings is 2. The quantitative estimate of drug-likeness (QED) is 0.372. The summed E-state index contributed by atoms with van der Waals surface area (Å²) in [4.78, 5) is 55.2. The highest BCUT2D eigenvalue weighted by Gasteiger charge is 2.34. The summed E-state index contributed by atoms with van der Waals surface area (Å²) in [7, 11) is -3.81. The molecule has 252 valence electrons. The molecule has 3 amide bonds. The van der Waals surface area contributed by atoms with Gasteiger partial charge in [0, 0.05) is 39.1 Å². The predicted molar refractivity (Wildman–Crippen MR) is 170 cm³/mol. The first-order chi connectivity index (χ1) is 20.9. The second kappa shape index (κ2) is 15.4. The van der Waals surface area contributed by atoms with Gasteiger partial charge in [-0.05, 0) is 91.7 Å². The van der Waals surface area contributed by atoms with E-state index in [4.69, 9.17) is 9.47 Å². The highest BCUT2D eigenvalue weighted by atomic mass is 32.2. The van der Waals surface area contributed by atoms with Crippen LogP contribution in [0.1, 0.15) is 80.1 Å². The van der Waals surface area contributed by atoms with Crippen LogP contribution in [-0.4, -0.2) is 91.8 Å². The maximum absolute atomic E-state index is 13.2. The second-order valence-electron chi connectivity index (χ2n) is 14.2. The molecule has 3 rings (SSSR count). The van der Waals surface area contributed by atoms with Gasteiger partial charge in [-0.25, -0.2) is 13.2 Å². The third kappa shape index (κ3) is 11.9. The Kier molecular flexibility index (Phi) is 12.4. The average molecular weight is 650 g/mol. The summed E-state index contributed by atoms with van der Waals surface area (Å²) in [6, 6.07) is 7.88. The number of benzene rings is 1. The van der Waals surface area contributed by atoms with Crippen LogP contribution in [0.15, 0.2) is 35.2 Å². The van der Waals surface area contributed by atoms with Gasteiger partial charge in [-0.15, -0.1) is 0 Å². The molecule has 45 heavy (non-hydrogen) atoms. The van der Waals surface area contributed by atoms with Crippen molar-refractivity contribution in [1.82, 2.24) is 15.1 Å². The minimum atomic E-state index is -3.81. The third-order valence-corrected chi connectivity index (χ3v) is 9.79. The zero-order chi connectivity index (χ0) is 33.4. The standard InChI is InChI=1S/C33H51N3O8S/c1-32(2,3)43-30(39)26(23-45(41,42)27-12-8-7-9-13-27)21-34-29(38)25-11-10-18-36(22-25)28(37)15-14-24-16-19-35(20-17-24)31(40)44-33(4,5)6/h7-9,12-13,24-26H,10-11,14-23H2,1-6H3,(H,34,38)/t25-,26-/m1/s1. The van der Waals surface area contributed by atoms with Gasteiger partial charge in [0.2, 0.25) is 11.8 Å². The van der Waals surface area contributed by atoms with Crippen molar-refractivity contribution in [2.24, 2.45) is 17.8 Å². The first-order valence-corrected chi connectivity index (χ1v) is 17.6. The minimum absolute atomic E-state index is 0.00246. The van der Waals surface area contributed by atoms with E-state index < -0.39 is 44.6 Å². The zero-order valence-electron chi connectivity index (χ0n) is 27.7. The summed E-state index contributed by atoms with van der Waals surface area (Å²) in [6.45, 7) is 12.5. The van der Waals surface area contributed by atoms with Crippen molar-refractivity contribution in [1.29, 1.82) is 0 Å². The molecule has 2 heterocycles. The maximum atomic E-state index is 13.2. The van der Waals surface area contributed by atoms with Gasteiger partial charge in [-0.3, -0.25) is 14.4 Å². The fourth-order valence-corrected chi connectivity index (χ4v) is 7.13. The van der Waals surface area contributed by atoms with E-state index in [1.54, 1.807) is 48.8 Å². The molecule has 0 unspecified atom stereocenters. The van der Waals surface area contributed by atoms with Gasteiger partial charge < -0.3 is 24.6 Å². The Morgan fingerprint density at radius 1 is 0.889 bits per heavy atom. The normalized spacial score (nSPS) is 19.0. The molecule has 2 aliphatic rings. The van der Waals surface area contributed by atoms with Gasteiger partial charge in [-0.1, -0.05) is 18.2 Å². The Balaban J connectivity index is 1.51. The van der Waals surface area contributed by atoms with E-state index in [2.05, 4.69) is 5.32 Å². The van der Waals surface area contributed by atoms with Crippen molar-refractivity contribution in [3.63, 3.8) is 0 Å². The molecule has 2 saturated heterocycles. The Bertz CT molecular complexity index is 1280. The lowest BCUT2D eigenvalue weighted by atomic mass is 9.91. The lowest BCUT2D eigenvalue weighted by Crippen LogP contribution is -2.47. The van der Waals surface area contributed by atoms with Crippen molar-refractivity contribution in [3.8, 4) is 0 Å². The van der Waals surface area contributed by atoms with Crippen LogP contribution < -0.4 is 5.32 Å². The topological polar surface area (TPSA) is 139 Å². The molecule has 0 aliphatic carbocycles. The number of nitrogens with zero attached hydrogens (tertiary/aromatic N) is 2. The van der Waals surface area contributed by atoms with Crippen LogP contribution in [-0.2, 0) is 33.7 Å². The molecule has 2 fully saturated rings. The largest absolute Gasteiger partial charge is 0.460 e. The molecular formula is C33H51N3O8S. The zero-order valence-corrected chi connectivity index (χ0v) is 28.5. The number of ether oxygens (including phenoxy) is 2. The third-order valence-electron chi connectivity index (χ3n) is 7.96. The van der Waals surface area contributed by atoms with Crippen molar-refractivity contribution < 1.29 is 37.1 Å². The fourth-order valence-electron chi connectivity index (χ4n) is 5.59. The van der Waals surface area contributed by atoms with Gasteiger partial charge in [0.05, 0.1) is 22.5 Å². The molecule has 2 aliphatic heterocycles. The second-order valence-corrected chi connectivity index (χ2v) is 16.2. The summed E-state index contributed by atoms with van der Waals surface area (Å²) >= 11 is 0. The number of carbonyl (C=O) groups is 4. The van der Waals surface area contributed by atoms with Gasteiger partial charge >= 0.3 is 12.1 Å². The maximum Gasteiger partial charge on any atom is 0.410 e. The number of hydrogen-bond acceptors (Lipinski definition) is 8. The first-order valence-electron chi connectivity index (χ1n) is 16.0. The number of amides is 3. The van der Waals surface area contributed by atoms with Crippen LogP contribution in [0.5, 0.6) is 0 Å². The average Bonchev–Trinajstić information content (AvgIpc) is 2.96. The Morgan fingerprint density at radius 3 is 2.11 bits per heavy atom. The predicted octanol–water partition coefficient (Wildman–Crippen LogP) is 4.20. The lowest BCUT2D eigenvalue weighted by molar-refractivity contribution is -0.159. The molecule has 0 saturated carbocycles. The van der Waals surface area contributed by atoms with Gasteiger partial charge in [0.15, 0.2) is 9.84 Å². The lowest BCUT2D eigenvalue weighted by Gasteiger charge is -2.34. The number of likely N-dealkylation sites (tertiary alicyclic amines) is 2. The van der Waals surface area contributed by atoms with Crippen LogP contribution in [0.2, 0.25) is 0 Å². The van der Waals surface area contributed by atoms with Gasteiger partial charge in [0.1, 0.15) is 11.2 Å². The summed E-state index contributed by atoms with van der Waals surface area (Å²) in [6.07, 6.45) is 3.71. The smallest absolute Gasteiger partial charge is 0.410 e.